The summed E-state index contributed by atoms with van der Waals surface area (Å²) in [5.74, 6) is -0.400. The van der Waals surface area contributed by atoms with Crippen LogP contribution in [0, 0.1) is 0 Å². The van der Waals surface area contributed by atoms with Crippen LogP contribution in [-0.2, 0) is 11.2 Å². The Labute approximate surface area is 120 Å². The van der Waals surface area contributed by atoms with E-state index in [0.717, 1.165) is 16.8 Å². The highest BCUT2D eigenvalue weighted by Crippen LogP contribution is 2.31. The zero-order valence-corrected chi connectivity index (χ0v) is 11.2. The first kappa shape index (κ1) is 13.1. The zero-order chi connectivity index (χ0) is 14.8. The maximum atomic E-state index is 11.9. The minimum Gasteiger partial charge on any atom is -0.370 e. The average Bonchev–Trinajstić information content (AvgIpc) is 3.03. The average molecular weight is 282 g/mol. The van der Waals surface area contributed by atoms with Crippen LogP contribution in [0.15, 0.2) is 34.1 Å². The first-order valence-corrected chi connectivity index (χ1v) is 6.58. The predicted molar refractivity (Wildman–Crippen MR) is 81.4 cm³/mol. The molecule has 0 spiro atoms. The maximum absolute atomic E-state index is 11.9. The number of aromatic nitrogens is 2. The smallest absolute Gasteiger partial charge is 0.271 e. The van der Waals surface area contributed by atoms with Crippen LogP contribution in [0.1, 0.15) is 23.2 Å². The second-order valence-electron chi connectivity index (χ2n) is 4.81. The Hall–Kier alpha value is -2.89. The van der Waals surface area contributed by atoms with E-state index >= 15 is 0 Å². The number of nitrogens with two attached hydrogens (primary N) is 1. The summed E-state index contributed by atoms with van der Waals surface area (Å²) < 4.78 is 0. The van der Waals surface area contributed by atoms with Crippen LogP contribution >= 0.6 is 0 Å². The Balaban J connectivity index is 1.98. The van der Waals surface area contributed by atoms with Crippen molar-refractivity contribution in [3.63, 3.8) is 0 Å². The van der Waals surface area contributed by atoms with Crippen molar-refractivity contribution in [1.82, 2.24) is 10.2 Å². The molecule has 6 nitrogen and oxygen atoms in total. The van der Waals surface area contributed by atoms with Gasteiger partial charge < -0.3 is 10.8 Å². The molecule has 106 valence electrons. The molecule has 21 heavy (non-hydrogen) atoms. The number of nitrogens with zero attached hydrogens (tertiary/aromatic N) is 1. The van der Waals surface area contributed by atoms with E-state index in [1.807, 2.05) is 24.3 Å². The number of carbonyl (C=O) groups excluding carboxylic acids is 1. The van der Waals surface area contributed by atoms with E-state index in [2.05, 4.69) is 15.2 Å². The monoisotopic (exact) mass is 282 g/mol. The molecule has 1 aliphatic rings. The molecule has 0 saturated carbocycles. The molecule has 4 N–H and O–H groups in total. The van der Waals surface area contributed by atoms with Crippen LogP contribution in [0.2, 0.25) is 0 Å². The van der Waals surface area contributed by atoms with Gasteiger partial charge in [-0.15, -0.1) is 0 Å². The molecule has 0 atom stereocenters. The fraction of sp³-hybridized carbons (Fsp3) is 0.133. The fourth-order valence-electron chi connectivity index (χ4n) is 2.31. The number of hydrogen-bond donors (Lipinski definition) is 3. The van der Waals surface area contributed by atoms with Crippen molar-refractivity contribution < 1.29 is 4.79 Å². The summed E-state index contributed by atoms with van der Waals surface area (Å²) in [6.45, 7) is 0. The molecule has 2 heterocycles. The van der Waals surface area contributed by atoms with Gasteiger partial charge in [0, 0.05) is 29.5 Å². The third-order valence-corrected chi connectivity index (χ3v) is 3.38. The van der Waals surface area contributed by atoms with E-state index in [1.54, 1.807) is 12.3 Å². The molecular weight excluding hydrogens is 268 g/mol. The van der Waals surface area contributed by atoms with Gasteiger partial charge in [0.2, 0.25) is 5.91 Å². The molecule has 2 aromatic rings. The lowest BCUT2D eigenvalue weighted by atomic mass is 10.0. The number of nitrogens with one attached hydrogen (secondary N) is 2. The third kappa shape index (κ3) is 2.55. The predicted octanol–water partition coefficient (Wildman–Crippen LogP) is 1.38. The van der Waals surface area contributed by atoms with Crippen LogP contribution < -0.4 is 11.3 Å². The van der Waals surface area contributed by atoms with Crippen molar-refractivity contribution in [1.29, 1.82) is 0 Å². The summed E-state index contributed by atoms with van der Waals surface area (Å²) in [6.07, 6.45) is 4.09. The molecule has 0 aliphatic carbocycles. The van der Waals surface area contributed by atoms with Gasteiger partial charge in [0.05, 0.1) is 11.3 Å². The standard InChI is InChI=1S/C15H14N4O2/c16-14(20)6-5-13-11(15(21)19-18-13)7-9-8-17-12-4-2-1-3-10(9)12/h1-4,7-8H,5-6H2,(H2,16,20)(H2,18,19,21). The third-order valence-electron chi connectivity index (χ3n) is 3.38. The summed E-state index contributed by atoms with van der Waals surface area (Å²) in [7, 11) is 0. The van der Waals surface area contributed by atoms with E-state index in [1.165, 1.54) is 0 Å². The highest BCUT2D eigenvalue weighted by molar-refractivity contribution is 6.21. The first-order chi connectivity index (χ1) is 10.1. The molecular formula is C15H14N4O2. The van der Waals surface area contributed by atoms with E-state index in [0.29, 0.717) is 17.7 Å². The van der Waals surface area contributed by atoms with Gasteiger partial charge in [-0.25, -0.2) is 0 Å². The number of amides is 1. The molecule has 6 heteroatoms. The Kier molecular flexibility index (Phi) is 3.27. The first-order valence-electron chi connectivity index (χ1n) is 6.58. The van der Waals surface area contributed by atoms with Gasteiger partial charge in [-0.05, 0) is 18.6 Å². The van der Waals surface area contributed by atoms with Gasteiger partial charge in [0.25, 0.3) is 5.56 Å². The number of aryl methyl sites for hydroxylation is 1. The number of benzene rings is 1. The molecule has 0 saturated heterocycles. The number of H-pyrrole nitrogens is 2. The van der Waals surface area contributed by atoms with Crippen molar-refractivity contribution >= 4 is 29.5 Å². The highest BCUT2D eigenvalue weighted by Gasteiger charge is 2.14. The maximum Gasteiger partial charge on any atom is 0.271 e. The Morgan fingerprint density at radius 3 is 2.90 bits per heavy atom. The number of rotatable bonds is 4. The number of aromatic amines is 2. The van der Waals surface area contributed by atoms with Gasteiger partial charge in [0.1, 0.15) is 0 Å². The van der Waals surface area contributed by atoms with Crippen LogP contribution in [-0.4, -0.2) is 22.3 Å². The molecule has 1 aliphatic heterocycles. The van der Waals surface area contributed by atoms with Crippen molar-refractivity contribution in [2.45, 2.75) is 12.8 Å². The number of para-hydroxylation sites is 1. The quantitative estimate of drug-likeness (QED) is 0.788. The lowest BCUT2D eigenvalue weighted by molar-refractivity contribution is -0.118. The van der Waals surface area contributed by atoms with Crippen LogP contribution in [0.5, 0.6) is 0 Å². The molecule has 0 radical (unpaired) electrons. The Bertz CT molecular complexity index is 811. The van der Waals surface area contributed by atoms with Gasteiger partial charge in [-0.2, -0.15) is 0 Å². The van der Waals surface area contributed by atoms with Crippen LogP contribution in [0.25, 0.3) is 11.6 Å². The second kappa shape index (κ2) is 5.24. The summed E-state index contributed by atoms with van der Waals surface area (Å²) >= 11 is 0. The van der Waals surface area contributed by atoms with Crippen LogP contribution in [0.4, 0.5) is 5.69 Å². The Morgan fingerprint density at radius 1 is 1.29 bits per heavy atom. The number of aliphatic imine (C=N–C) groups is 1. The minimum absolute atomic E-state index is 0.189. The lowest BCUT2D eigenvalue weighted by Gasteiger charge is -2.00. The topological polar surface area (TPSA) is 104 Å². The Morgan fingerprint density at radius 2 is 2.10 bits per heavy atom. The minimum atomic E-state index is -0.400. The fourth-order valence-corrected chi connectivity index (χ4v) is 2.31. The van der Waals surface area contributed by atoms with Gasteiger partial charge in [-0.1, -0.05) is 18.2 Å². The summed E-state index contributed by atoms with van der Waals surface area (Å²) in [6, 6.07) is 7.72. The zero-order valence-electron chi connectivity index (χ0n) is 11.2. The number of fused-ring (bicyclic) bond motifs is 1. The number of allylic oxidation sites excluding steroid dienone is 1. The summed E-state index contributed by atoms with van der Waals surface area (Å²) in [5.41, 5.74) is 8.84. The van der Waals surface area contributed by atoms with E-state index < -0.39 is 5.91 Å². The van der Waals surface area contributed by atoms with E-state index in [9.17, 15) is 9.59 Å². The number of primary amides is 1. The largest absolute Gasteiger partial charge is 0.370 e. The van der Waals surface area contributed by atoms with Gasteiger partial charge in [-0.3, -0.25) is 19.7 Å². The normalized spacial score (nSPS) is 14.6. The van der Waals surface area contributed by atoms with Crippen molar-refractivity contribution in [3.8, 4) is 0 Å². The SMILES string of the molecule is NC(=O)CCc1[nH][nH]c(=O)c1C=C1C=Nc2ccccc21. The molecule has 0 fully saturated rings. The summed E-state index contributed by atoms with van der Waals surface area (Å²) in [5, 5.41) is 5.33. The van der Waals surface area contributed by atoms with E-state index in [-0.39, 0.29) is 12.0 Å². The van der Waals surface area contributed by atoms with Gasteiger partial charge in [0.15, 0.2) is 0 Å². The van der Waals surface area contributed by atoms with E-state index in [4.69, 9.17) is 5.73 Å². The number of hydrogen-bond acceptors (Lipinski definition) is 3. The lowest BCUT2D eigenvalue weighted by Crippen LogP contribution is -2.12. The molecule has 1 aromatic heterocycles. The molecule has 0 unspecified atom stereocenters. The molecule has 3 rings (SSSR count). The van der Waals surface area contributed by atoms with Gasteiger partial charge >= 0.3 is 0 Å². The second-order valence-corrected chi connectivity index (χ2v) is 4.81. The highest BCUT2D eigenvalue weighted by atomic mass is 16.1. The van der Waals surface area contributed by atoms with Crippen molar-refractivity contribution in [3.05, 3.63) is 51.4 Å². The van der Waals surface area contributed by atoms with Crippen molar-refractivity contribution in [2.75, 3.05) is 0 Å². The van der Waals surface area contributed by atoms with Crippen molar-refractivity contribution in [2.24, 2.45) is 10.7 Å². The molecule has 1 amide bonds. The molecule has 0 bridgehead atoms. The molecule has 1 aromatic carbocycles. The number of carbonyl (C=O) groups is 1. The summed E-state index contributed by atoms with van der Waals surface area (Å²) in [4.78, 5) is 27.1. The van der Waals surface area contributed by atoms with Crippen LogP contribution in [0.3, 0.4) is 0 Å².